The van der Waals surface area contributed by atoms with Gasteiger partial charge in [0.1, 0.15) is 11.6 Å². The molecule has 0 aliphatic carbocycles. The van der Waals surface area contributed by atoms with E-state index in [9.17, 15) is 14.0 Å². The summed E-state index contributed by atoms with van der Waals surface area (Å²) in [5.74, 6) is -0.439. The molecule has 0 radical (unpaired) electrons. The van der Waals surface area contributed by atoms with E-state index in [-0.39, 0.29) is 11.8 Å². The van der Waals surface area contributed by atoms with Gasteiger partial charge in [-0.2, -0.15) is 0 Å². The van der Waals surface area contributed by atoms with E-state index in [1.54, 1.807) is 24.0 Å². The summed E-state index contributed by atoms with van der Waals surface area (Å²) in [7, 11) is 0. The van der Waals surface area contributed by atoms with Gasteiger partial charge in [-0.25, -0.2) is 4.39 Å². The van der Waals surface area contributed by atoms with Crippen molar-refractivity contribution in [2.75, 3.05) is 16.8 Å². The molecule has 2 aromatic rings. The van der Waals surface area contributed by atoms with Gasteiger partial charge >= 0.3 is 0 Å². The van der Waals surface area contributed by atoms with E-state index in [4.69, 9.17) is 4.74 Å². The van der Waals surface area contributed by atoms with Crippen molar-refractivity contribution in [3.05, 3.63) is 53.8 Å². The number of anilines is 2. The number of amides is 2. The molecule has 1 heterocycles. The zero-order valence-corrected chi connectivity index (χ0v) is 14.1. The highest BCUT2D eigenvalue weighted by atomic mass is 19.1. The molecular formula is C19H19FN2O3. The Morgan fingerprint density at radius 3 is 2.76 bits per heavy atom. The van der Waals surface area contributed by atoms with E-state index in [0.717, 1.165) is 17.7 Å². The molecule has 1 aliphatic heterocycles. The average molecular weight is 342 g/mol. The molecule has 1 aliphatic rings. The number of hydrogen-bond donors (Lipinski definition) is 1. The number of benzene rings is 2. The molecule has 1 atom stereocenters. The highest BCUT2D eigenvalue weighted by molar-refractivity contribution is 5.96. The maximum absolute atomic E-state index is 13.2. The molecule has 130 valence electrons. The Morgan fingerprint density at radius 2 is 2.04 bits per heavy atom. The molecule has 3 rings (SSSR count). The maximum Gasteiger partial charge on any atom is 0.265 e. The van der Waals surface area contributed by atoms with E-state index in [1.807, 2.05) is 12.1 Å². The fraction of sp³-hybridized carbons (Fsp3) is 0.263. The number of hydrogen-bond acceptors (Lipinski definition) is 3. The predicted molar refractivity (Wildman–Crippen MR) is 93.3 cm³/mol. The van der Waals surface area contributed by atoms with Crippen molar-refractivity contribution >= 4 is 23.2 Å². The molecule has 5 nitrogen and oxygen atoms in total. The fourth-order valence-corrected chi connectivity index (χ4v) is 2.85. The Labute approximate surface area is 145 Å². The van der Waals surface area contributed by atoms with Crippen LogP contribution >= 0.6 is 0 Å². The van der Waals surface area contributed by atoms with Crippen molar-refractivity contribution in [1.82, 2.24) is 0 Å². The molecule has 0 aromatic heterocycles. The fourth-order valence-electron chi connectivity index (χ4n) is 2.85. The van der Waals surface area contributed by atoms with Crippen LogP contribution < -0.4 is 15.0 Å². The van der Waals surface area contributed by atoms with E-state index >= 15 is 0 Å². The second-order valence-electron chi connectivity index (χ2n) is 5.97. The second-order valence-corrected chi connectivity index (χ2v) is 5.97. The third-order valence-electron chi connectivity index (χ3n) is 4.10. The molecule has 2 aromatic carbocycles. The summed E-state index contributed by atoms with van der Waals surface area (Å²) < 4.78 is 18.6. The van der Waals surface area contributed by atoms with Crippen molar-refractivity contribution in [1.29, 1.82) is 0 Å². The van der Waals surface area contributed by atoms with Gasteiger partial charge in [-0.05, 0) is 49.2 Å². The number of ether oxygens (including phenoxy) is 1. The van der Waals surface area contributed by atoms with Gasteiger partial charge in [0.25, 0.3) is 5.91 Å². The molecular weight excluding hydrogens is 323 g/mol. The Morgan fingerprint density at radius 1 is 1.24 bits per heavy atom. The van der Waals surface area contributed by atoms with Crippen LogP contribution in [0.15, 0.2) is 42.5 Å². The minimum absolute atomic E-state index is 0.00708. The Kier molecular flexibility index (Phi) is 4.70. The van der Waals surface area contributed by atoms with Gasteiger partial charge in [-0.3, -0.25) is 9.59 Å². The smallest absolute Gasteiger partial charge is 0.265 e. The van der Waals surface area contributed by atoms with Gasteiger partial charge < -0.3 is 15.0 Å². The molecule has 1 N–H and O–H groups in total. The summed E-state index contributed by atoms with van der Waals surface area (Å²) in [5.41, 5.74) is 2.55. The number of carbonyl (C=O) groups is 2. The lowest BCUT2D eigenvalue weighted by Crippen LogP contribution is -2.30. The summed E-state index contributed by atoms with van der Waals surface area (Å²) in [6.45, 7) is 3.79. The molecule has 0 fully saturated rings. The lowest BCUT2D eigenvalue weighted by molar-refractivity contribution is -0.122. The number of rotatable bonds is 4. The van der Waals surface area contributed by atoms with Crippen molar-refractivity contribution in [2.45, 2.75) is 26.4 Å². The van der Waals surface area contributed by atoms with Gasteiger partial charge in [-0.15, -0.1) is 0 Å². The summed E-state index contributed by atoms with van der Waals surface area (Å²) in [6.07, 6.45) is -0.0164. The van der Waals surface area contributed by atoms with E-state index < -0.39 is 11.9 Å². The SMILES string of the molecule is CC(=O)N1CCc2cc(NC(=O)C(C)Oc3cccc(F)c3)ccc21. The molecule has 0 saturated heterocycles. The van der Waals surface area contributed by atoms with E-state index in [2.05, 4.69) is 5.32 Å². The third-order valence-corrected chi connectivity index (χ3v) is 4.10. The lowest BCUT2D eigenvalue weighted by Gasteiger charge is -2.16. The lowest BCUT2D eigenvalue weighted by atomic mass is 10.1. The standard InChI is InChI=1S/C19H19FN2O3/c1-12(25-17-5-3-4-15(20)11-17)19(24)21-16-6-7-18-14(10-16)8-9-22(18)13(2)23/h3-7,10-12H,8-9H2,1-2H3,(H,21,24). The van der Waals surface area contributed by atoms with Gasteiger partial charge in [-0.1, -0.05) is 6.07 Å². The van der Waals surface area contributed by atoms with Gasteiger partial charge in [0.05, 0.1) is 0 Å². The quantitative estimate of drug-likeness (QED) is 0.929. The monoisotopic (exact) mass is 342 g/mol. The summed E-state index contributed by atoms with van der Waals surface area (Å²) >= 11 is 0. The number of nitrogens with zero attached hydrogens (tertiary/aromatic N) is 1. The Hall–Kier alpha value is -2.89. The first kappa shape index (κ1) is 17.0. The number of carbonyl (C=O) groups excluding carboxylic acids is 2. The number of fused-ring (bicyclic) bond motifs is 1. The first-order valence-corrected chi connectivity index (χ1v) is 8.08. The molecule has 0 bridgehead atoms. The highest BCUT2D eigenvalue weighted by Crippen LogP contribution is 2.30. The van der Waals surface area contributed by atoms with Crippen LogP contribution in [0.1, 0.15) is 19.4 Å². The summed E-state index contributed by atoms with van der Waals surface area (Å²) in [5, 5.41) is 2.79. The number of halogens is 1. The molecule has 1 unspecified atom stereocenters. The van der Waals surface area contributed by atoms with Crippen LogP contribution in [0.2, 0.25) is 0 Å². The van der Waals surface area contributed by atoms with Crippen LogP contribution in [0, 0.1) is 5.82 Å². The van der Waals surface area contributed by atoms with Crippen molar-refractivity contribution in [3.63, 3.8) is 0 Å². The molecule has 25 heavy (non-hydrogen) atoms. The van der Waals surface area contributed by atoms with Crippen LogP contribution in [-0.4, -0.2) is 24.5 Å². The van der Waals surface area contributed by atoms with Crippen LogP contribution in [0.4, 0.5) is 15.8 Å². The minimum Gasteiger partial charge on any atom is -0.481 e. The Balaban J connectivity index is 1.66. The Bertz CT molecular complexity index is 822. The first-order chi connectivity index (χ1) is 11.9. The summed E-state index contributed by atoms with van der Waals surface area (Å²) in [6, 6.07) is 11.1. The van der Waals surface area contributed by atoms with Crippen LogP contribution in [-0.2, 0) is 16.0 Å². The average Bonchev–Trinajstić information content (AvgIpc) is 2.98. The topological polar surface area (TPSA) is 58.6 Å². The molecule has 2 amide bonds. The maximum atomic E-state index is 13.2. The van der Waals surface area contributed by atoms with Crippen molar-refractivity contribution < 1.29 is 18.7 Å². The highest BCUT2D eigenvalue weighted by Gasteiger charge is 2.23. The van der Waals surface area contributed by atoms with Crippen LogP contribution in [0.25, 0.3) is 0 Å². The normalized spacial score (nSPS) is 14.0. The molecule has 6 heteroatoms. The largest absolute Gasteiger partial charge is 0.481 e. The first-order valence-electron chi connectivity index (χ1n) is 8.08. The predicted octanol–water partition coefficient (Wildman–Crippen LogP) is 3.14. The molecule has 0 saturated carbocycles. The van der Waals surface area contributed by atoms with Crippen molar-refractivity contribution in [2.24, 2.45) is 0 Å². The van der Waals surface area contributed by atoms with Crippen LogP contribution in [0.5, 0.6) is 5.75 Å². The second kappa shape index (κ2) is 6.93. The third kappa shape index (κ3) is 3.79. The zero-order valence-electron chi connectivity index (χ0n) is 14.1. The minimum atomic E-state index is -0.774. The molecule has 0 spiro atoms. The van der Waals surface area contributed by atoms with Gasteiger partial charge in [0.2, 0.25) is 5.91 Å². The van der Waals surface area contributed by atoms with E-state index in [1.165, 1.54) is 25.1 Å². The zero-order chi connectivity index (χ0) is 18.0. The summed E-state index contributed by atoms with van der Waals surface area (Å²) in [4.78, 5) is 25.6. The van der Waals surface area contributed by atoms with Crippen LogP contribution in [0.3, 0.4) is 0 Å². The van der Waals surface area contributed by atoms with Crippen molar-refractivity contribution in [3.8, 4) is 5.75 Å². The van der Waals surface area contributed by atoms with Gasteiger partial charge in [0.15, 0.2) is 6.10 Å². The van der Waals surface area contributed by atoms with E-state index in [0.29, 0.717) is 18.0 Å². The number of nitrogens with one attached hydrogen (secondary N) is 1. The van der Waals surface area contributed by atoms with Gasteiger partial charge in [0, 0.05) is 30.9 Å².